The molecule has 100 valence electrons. The fourth-order valence-corrected chi connectivity index (χ4v) is 1.78. The molecule has 18 heavy (non-hydrogen) atoms. The molecule has 0 heterocycles. The van der Waals surface area contributed by atoms with Gasteiger partial charge in [0.1, 0.15) is 0 Å². The Morgan fingerprint density at radius 2 is 1.94 bits per heavy atom. The number of hydrogen-bond acceptors (Lipinski definition) is 2. The van der Waals surface area contributed by atoms with Crippen LogP contribution in [-0.4, -0.2) is 17.8 Å². The van der Waals surface area contributed by atoms with Crippen LogP contribution in [0.1, 0.15) is 32.8 Å². The average molecular weight is 248 g/mol. The second-order valence-corrected chi connectivity index (χ2v) is 4.96. The Morgan fingerprint density at radius 3 is 2.56 bits per heavy atom. The van der Waals surface area contributed by atoms with Gasteiger partial charge in [-0.3, -0.25) is 0 Å². The van der Waals surface area contributed by atoms with Crippen molar-refractivity contribution in [3.63, 3.8) is 0 Å². The Hall–Kier alpha value is -1.12. The minimum atomic E-state index is -0.334. The number of benzene rings is 1. The third kappa shape index (κ3) is 5.48. The molecular formula is C16H24O2. The molecule has 0 aromatic heterocycles. The molecule has 0 bridgehead atoms. The quantitative estimate of drug-likeness (QED) is 0.590. The lowest BCUT2D eigenvalue weighted by atomic mass is 10.00. The van der Waals surface area contributed by atoms with Gasteiger partial charge in [0.15, 0.2) is 0 Å². The molecule has 0 aliphatic heterocycles. The molecule has 0 fully saturated rings. The van der Waals surface area contributed by atoms with Crippen LogP contribution in [0.3, 0.4) is 0 Å². The molecule has 1 atom stereocenters. The Morgan fingerprint density at radius 1 is 1.28 bits per heavy atom. The highest BCUT2D eigenvalue weighted by molar-refractivity contribution is 5.13. The van der Waals surface area contributed by atoms with Gasteiger partial charge < -0.3 is 9.84 Å². The average Bonchev–Trinajstić information content (AvgIpc) is 2.38. The van der Waals surface area contributed by atoms with E-state index in [0.29, 0.717) is 13.2 Å². The van der Waals surface area contributed by atoms with E-state index in [4.69, 9.17) is 4.74 Å². The highest BCUT2D eigenvalue weighted by atomic mass is 16.5. The molecule has 0 radical (unpaired) electrons. The maximum atomic E-state index is 9.82. The van der Waals surface area contributed by atoms with Crippen molar-refractivity contribution in [1.29, 1.82) is 0 Å². The fourth-order valence-electron chi connectivity index (χ4n) is 1.78. The third-order valence-electron chi connectivity index (χ3n) is 2.94. The minimum Gasteiger partial charge on any atom is -0.389 e. The molecule has 1 aromatic carbocycles. The van der Waals surface area contributed by atoms with Crippen molar-refractivity contribution >= 4 is 0 Å². The summed E-state index contributed by atoms with van der Waals surface area (Å²) in [6, 6.07) is 10.2. The van der Waals surface area contributed by atoms with E-state index < -0.39 is 0 Å². The smallest absolute Gasteiger partial charge is 0.0770 e. The van der Waals surface area contributed by atoms with Crippen molar-refractivity contribution in [2.75, 3.05) is 6.61 Å². The predicted molar refractivity (Wildman–Crippen MR) is 75.3 cm³/mol. The first-order valence-electron chi connectivity index (χ1n) is 6.57. The molecule has 0 aliphatic carbocycles. The van der Waals surface area contributed by atoms with Gasteiger partial charge in [0, 0.05) is 0 Å². The normalized spacial score (nSPS) is 13.9. The summed E-state index contributed by atoms with van der Waals surface area (Å²) < 4.78 is 5.58. The van der Waals surface area contributed by atoms with Crippen LogP contribution < -0.4 is 0 Å². The summed E-state index contributed by atoms with van der Waals surface area (Å²) in [6.07, 6.45) is 2.58. The molecule has 0 spiro atoms. The first-order valence-corrected chi connectivity index (χ1v) is 6.57. The molecule has 0 saturated heterocycles. The Balaban J connectivity index is 2.21. The highest BCUT2D eigenvalue weighted by Gasteiger charge is 2.09. The number of rotatable bonds is 7. The van der Waals surface area contributed by atoms with E-state index in [0.717, 1.165) is 12.0 Å². The van der Waals surface area contributed by atoms with Crippen molar-refractivity contribution in [2.24, 2.45) is 5.92 Å². The molecular weight excluding hydrogens is 224 g/mol. The number of ether oxygens (including phenoxy) is 1. The zero-order chi connectivity index (χ0) is 13.4. The van der Waals surface area contributed by atoms with Crippen LogP contribution in [0.4, 0.5) is 0 Å². The van der Waals surface area contributed by atoms with E-state index in [1.807, 2.05) is 39.0 Å². The van der Waals surface area contributed by atoms with E-state index in [-0.39, 0.29) is 12.0 Å². The Kier molecular flexibility index (Phi) is 6.69. The number of aliphatic hydroxyl groups is 1. The van der Waals surface area contributed by atoms with Gasteiger partial charge in [0.2, 0.25) is 0 Å². The van der Waals surface area contributed by atoms with E-state index in [1.165, 1.54) is 5.56 Å². The van der Waals surface area contributed by atoms with Gasteiger partial charge in [-0.25, -0.2) is 0 Å². The highest BCUT2D eigenvalue weighted by Crippen LogP contribution is 2.12. The van der Waals surface area contributed by atoms with Crippen LogP contribution >= 0.6 is 0 Å². The molecule has 0 aliphatic rings. The van der Waals surface area contributed by atoms with Crippen molar-refractivity contribution in [3.05, 3.63) is 47.5 Å². The molecule has 1 aromatic rings. The van der Waals surface area contributed by atoms with Crippen molar-refractivity contribution in [3.8, 4) is 0 Å². The maximum Gasteiger partial charge on any atom is 0.0770 e. The van der Waals surface area contributed by atoms with Gasteiger partial charge >= 0.3 is 0 Å². The first-order chi connectivity index (χ1) is 8.61. The van der Waals surface area contributed by atoms with Crippen LogP contribution in [0.15, 0.2) is 42.0 Å². The molecule has 2 heteroatoms. The van der Waals surface area contributed by atoms with Crippen molar-refractivity contribution in [1.82, 2.24) is 0 Å². The largest absolute Gasteiger partial charge is 0.389 e. The summed E-state index contributed by atoms with van der Waals surface area (Å²) in [5, 5.41) is 9.82. The molecule has 1 rings (SSSR count). The van der Waals surface area contributed by atoms with Crippen LogP contribution in [0, 0.1) is 5.92 Å². The molecule has 1 N–H and O–H groups in total. The monoisotopic (exact) mass is 248 g/mol. The summed E-state index contributed by atoms with van der Waals surface area (Å²) in [4.78, 5) is 0. The lowest BCUT2D eigenvalue weighted by Crippen LogP contribution is -2.15. The first kappa shape index (κ1) is 14.9. The van der Waals surface area contributed by atoms with Crippen LogP contribution in [-0.2, 0) is 11.3 Å². The third-order valence-corrected chi connectivity index (χ3v) is 2.94. The van der Waals surface area contributed by atoms with Crippen LogP contribution in [0.25, 0.3) is 0 Å². The van der Waals surface area contributed by atoms with E-state index >= 15 is 0 Å². The summed E-state index contributed by atoms with van der Waals surface area (Å²) in [7, 11) is 0. The summed E-state index contributed by atoms with van der Waals surface area (Å²) >= 11 is 0. The van der Waals surface area contributed by atoms with E-state index in [9.17, 15) is 5.11 Å². The summed E-state index contributed by atoms with van der Waals surface area (Å²) in [6.45, 7) is 7.36. The summed E-state index contributed by atoms with van der Waals surface area (Å²) in [5.41, 5.74) is 2.23. The van der Waals surface area contributed by atoms with E-state index in [1.54, 1.807) is 0 Å². The zero-order valence-electron chi connectivity index (χ0n) is 11.6. The molecule has 0 saturated carbocycles. The molecule has 0 amide bonds. The van der Waals surface area contributed by atoms with E-state index in [2.05, 4.69) is 18.2 Å². The summed E-state index contributed by atoms with van der Waals surface area (Å²) in [5.74, 6) is 0.270. The molecule has 1 unspecified atom stereocenters. The van der Waals surface area contributed by atoms with Gasteiger partial charge in [-0.1, -0.05) is 50.3 Å². The standard InChI is InChI=1S/C16H24O2/c1-13(2)16(17)14(3)8-7-11-18-12-15-9-5-4-6-10-15/h4-6,8-10,13,16-17H,7,11-12H2,1-3H3/b14-8+. The Labute approximate surface area is 110 Å². The van der Waals surface area contributed by atoms with Gasteiger partial charge in [-0.15, -0.1) is 0 Å². The number of hydrogen-bond donors (Lipinski definition) is 1. The van der Waals surface area contributed by atoms with Gasteiger partial charge in [0.25, 0.3) is 0 Å². The zero-order valence-corrected chi connectivity index (χ0v) is 11.6. The minimum absolute atomic E-state index is 0.270. The van der Waals surface area contributed by atoms with Crippen LogP contribution in [0.5, 0.6) is 0 Å². The molecule has 2 nitrogen and oxygen atoms in total. The van der Waals surface area contributed by atoms with Gasteiger partial charge in [-0.05, 0) is 30.4 Å². The predicted octanol–water partition coefficient (Wildman–Crippen LogP) is 3.56. The number of aliphatic hydroxyl groups excluding tert-OH is 1. The van der Waals surface area contributed by atoms with Gasteiger partial charge in [-0.2, -0.15) is 0 Å². The van der Waals surface area contributed by atoms with Crippen molar-refractivity contribution < 1.29 is 9.84 Å². The topological polar surface area (TPSA) is 29.5 Å². The SMILES string of the molecule is C/C(=C\CCOCc1ccccc1)C(O)C(C)C. The lowest BCUT2D eigenvalue weighted by Gasteiger charge is -2.15. The second-order valence-electron chi connectivity index (χ2n) is 4.96. The second kappa shape index (κ2) is 8.06. The van der Waals surface area contributed by atoms with Crippen LogP contribution in [0.2, 0.25) is 0 Å². The lowest BCUT2D eigenvalue weighted by molar-refractivity contribution is 0.124. The fraction of sp³-hybridized carbons (Fsp3) is 0.500. The Bertz CT molecular complexity index is 355. The van der Waals surface area contributed by atoms with Gasteiger partial charge in [0.05, 0.1) is 19.3 Å². The van der Waals surface area contributed by atoms with Crippen molar-refractivity contribution in [2.45, 2.75) is 39.9 Å². The maximum absolute atomic E-state index is 9.82.